The van der Waals surface area contributed by atoms with Crippen LogP contribution in [0.25, 0.3) is 0 Å². The highest BCUT2D eigenvalue weighted by Crippen LogP contribution is 2.11. The lowest BCUT2D eigenvalue weighted by Gasteiger charge is -2.12. The minimum Gasteiger partial charge on any atom is -0.385 e. The van der Waals surface area contributed by atoms with Crippen molar-refractivity contribution >= 4 is 11.9 Å². The first-order valence-electron chi connectivity index (χ1n) is 9.72. The zero-order valence-electron chi connectivity index (χ0n) is 16.4. The van der Waals surface area contributed by atoms with Crippen molar-refractivity contribution in [2.45, 2.75) is 38.8 Å². The van der Waals surface area contributed by atoms with Crippen molar-refractivity contribution in [3.63, 3.8) is 0 Å². The molecule has 1 aromatic rings. The van der Waals surface area contributed by atoms with Crippen LogP contribution < -0.4 is 16.0 Å². The molecule has 0 radical (unpaired) electrons. The quantitative estimate of drug-likeness (QED) is 0.329. The molecule has 7 nitrogen and oxygen atoms in total. The molecule has 2 rings (SSSR count). The van der Waals surface area contributed by atoms with Crippen LogP contribution >= 0.6 is 0 Å². The van der Waals surface area contributed by atoms with Crippen LogP contribution in [0, 0.1) is 0 Å². The van der Waals surface area contributed by atoms with E-state index in [0.717, 1.165) is 57.1 Å². The van der Waals surface area contributed by atoms with Crippen molar-refractivity contribution in [3.8, 4) is 0 Å². The summed E-state index contributed by atoms with van der Waals surface area (Å²) in [6, 6.07) is 7.59. The van der Waals surface area contributed by atoms with E-state index in [1.54, 1.807) is 7.11 Å². The van der Waals surface area contributed by atoms with E-state index < -0.39 is 0 Å². The Morgan fingerprint density at radius 1 is 1.33 bits per heavy atom. The Balaban J connectivity index is 1.87. The molecule has 1 aliphatic rings. The Kier molecular flexibility index (Phi) is 9.65. The molecule has 0 aliphatic carbocycles. The van der Waals surface area contributed by atoms with Gasteiger partial charge < -0.3 is 25.4 Å². The van der Waals surface area contributed by atoms with Gasteiger partial charge in [0.15, 0.2) is 5.96 Å². The van der Waals surface area contributed by atoms with Crippen LogP contribution in [-0.4, -0.2) is 57.9 Å². The van der Waals surface area contributed by atoms with Crippen molar-refractivity contribution in [2.24, 2.45) is 4.99 Å². The summed E-state index contributed by atoms with van der Waals surface area (Å²) in [7, 11) is 1.70. The first-order valence-corrected chi connectivity index (χ1v) is 9.72. The van der Waals surface area contributed by atoms with Gasteiger partial charge in [0.25, 0.3) is 5.91 Å². The first kappa shape index (κ1) is 21.2. The number of guanidine groups is 1. The number of aliphatic imine (C=N–C) groups is 1. The van der Waals surface area contributed by atoms with Crippen LogP contribution in [-0.2, 0) is 16.0 Å². The van der Waals surface area contributed by atoms with Gasteiger partial charge >= 0.3 is 0 Å². The first-order chi connectivity index (χ1) is 13.2. The van der Waals surface area contributed by atoms with Crippen LogP contribution in [0.4, 0.5) is 0 Å². The number of carbonyl (C=O) groups excluding carboxylic acids is 1. The topological polar surface area (TPSA) is 84.0 Å². The van der Waals surface area contributed by atoms with Gasteiger partial charge in [0.05, 0.1) is 12.6 Å². The van der Waals surface area contributed by atoms with E-state index >= 15 is 0 Å². The Labute approximate surface area is 161 Å². The van der Waals surface area contributed by atoms with Gasteiger partial charge in [0.2, 0.25) is 0 Å². The minimum absolute atomic E-state index is 0.0686. The van der Waals surface area contributed by atoms with Gasteiger partial charge in [-0.3, -0.25) is 4.79 Å². The van der Waals surface area contributed by atoms with E-state index in [1.807, 2.05) is 31.2 Å². The third-order valence-corrected chi connectivity index (χ3v) is 4.29. The lowest BCUT2D eigenvalue weighted by atomic mass is 10.1. The van der Waals surface area contributed by atoms with E-state index in [4.69, 9.17) is 9.47 Å². The Hall–Kier alpha value is -2.12. The van der Waals surface area contributed by atoms with Crippen molar-refractivity contribution in [3.05, 3.63) is 35.4 Å². The van der Waals surface area contributed by atoms with Gasteiger partial charge in [0.1, 0.15) is 0 Å². The van der Waals surface area contributed by atoms with E-state index in [1.165, 1.54) is 0 Å². The molecule has 0 aromatic heterocycles. The molecule has 1 heterocycles. The molecular formula is C20H32N4O3. The predicted molar refractivity (Wildman–Crippen MR) is 107 cm³/mol. The van der Waals surface area contributed by atoms with Crippen LogP contribution in [0.15, 0.2) is 29.3 Å². The molecule has 1 fully saturated rings. The highest BCUT2D eigenvalue weighted by molar-refractivity contribution is 5.94. The van der Waals surface area contributed by atoms with Crippen LogP contribution in [0.1, 0.15) is 42.1 Å². The summed E-state index contributed by atoms with van der Waals surface area (Å²) in [5.74, 6) is 0.697. The highest BCUT2D eigenvalue weighted by atomic mass is 16.5. The number of benzene rings is 1. The average molecular weight is 377 g/mol. The summed E-state index contributed by atoms with van der Waals surface area (Å²) in [4.78, 5) is 17.0. The Bertz CT molecular complexity index is 601. The maximum absolute atomic E-state index is 12.4. The molecule has 150 valence electrons. The number of rotatable bonds is 10. The summed E-state index contributed by atoms with van der Waals surface area (Å²) >= 11 is 0. The molecule has 1 amide bonds. The second-order valence-electron chi connectivity index (χ2n) is 6.51. The smallest absolute Gasteiger partial charge is 0.251 e. The number of ether oxygens (including phenoxy) is 2. The molecule has 3 N–H and O–H groups in total. The van der Waals surface area contributed by atoms with E-state index in [2.05, 4.69) is 20.9 Å². The number of carbonyl (C=O) groups is 1. The maximum Gasteiger partial charge on any atom is 0.251 e. The maximum atomic E-state index is 12.4. The molecule has 27 heavy (non-hydrogen) atoms. The SMILES string of the molecule is CCNC(=NCc1cccc(C(=O)NCC2CCCO2)c1)NCCCOC. The van der Waals surface area contributed by atoms with Crippen molar-refractivity contribution in [2.75, 3.05) is 40.0 Å². The third-order valence-electron chi connectivity index (χ3n) is 4.29. The molecule has 0 bridgehead atoms. The van der Waals surface area contributed by atoms with Gasteiger partial charge in [0, 0.05) is 45.5 Å². The van der Waals surface area contributed by atoms with Gasteiger partial charge in [-0.05, 0) is 43.9 Å². The molecule has 1 aliphatic heterocycles. The van der Waals surface area contributed by atoms with E-state index in [-0.39, 0.29) is 12.0 Å². The standard InChI is InChI=1S/C20H32N4O3/c1-3-21-20(22-10-6-11-26-2)24-14-16-7-4-8-17(13-16)19(25)23-15-18-9-5-12-27-18/h4,7-8,13,18H,3,5-6,9-12,14-15H2,1-2H3,(H,23,25)(H2,21,22,24). The van der Waals surface area contributed by atoms with Gasteiger partial charge in [-0.25, -0.2) is 4.99 Å². The second kappa shape index (κ2) is 12.3. The van der Waals surface area contributed by atoms with Gasteiger partial charge in [-0.1, -0.05) is 12.1 Å². The van der Waals surface area contributed by atoms with Crippen LogP contribution in [0.2, 0.25) is 0 Å². The molecule has 0 spiro atoms. The zero-order chi connectivity index (χ0) is 19.3. The fraction of sp³-hybridized carbons (Fsp3) is 0.600. The van der Waals surface area contributed by atoms with Crippen molar-refractivity contribution < 1.29 is 14.3 Å². The number of hydrogen-bond acceptors (Lipinski definition) is 4. The second-order valence-corrected chi connectivity index (χ2v) is 6.51. The molecule has 7 heteroatoms. The van der Waals surface area contributed by atoms with E-state index in [0.29, 0.717) is 18.7 Å². The van der Waals surface area contributed by atoms with E-state index in [9.17, 15) is 4.79 Å². The lowest BCUT2D eigenvalue weighted by molar-refractivity contribution is 0.0857. The number of hydrogen-bond donors (Lipinski definition) is 3. The zero-order valence-corrected chi connectivity index (χ0v) is 16.4. The number of methoxy groups -OCH3 is 1. The molecule has 1 aromatic carbocycles. The van der Waals surface area contributed by atoms with Gasteiger partial charge in [-0.15, -0.1) is 0 Å². The fourth-order valence-electron chi connectivity index (χ4n) is 2.86. The number of nitrogens with zero attached hydrogens (tertiary/aromatic N) is 1. The summed E-state index contributed by atoms with van der Waals surface area (Å²) in [5.41, 5.74) is 1.65. The number of nitrogens with one attached hydrogen (secondary N) is 3. The fourth-order valence-corrected chi connectivity index (χ4v) is 2.86. The Morgan fingerprint density at radius 2 is 2.22 bits per heavy atom. The lowest BCUT2D eigenvalue weighted by Crippen LogP contribution is -2.38. The molecule has 1 unspecified atom stereocenters. The van der Waals surface area contributed by atoms with Crippen LogP contribution in [0.3, 0.4) is 0 Å². The summed E-state index contributed by atoms with van der Waals surface area (Å²) < 4.78 is 10.6. The average Bonchev–Trinajstić information content (AvgIpc) is 3.21. The molecule has 0 saturated carbocycles. The molecular weight excluding hydrogens is 344 g/mol. The summed E-state index contributed by atoms with van der Waals surface area (Å²) in [6.45, 7) is 6.21. The predicted octanol–water partition coefficient (Wildman–Crippen LogP) is 1.69. The monoisotopic (exact) mass is 376 g/mol. The minimum atomic E-state index is -0.0686. The number of amides is 1. The molecule has 1 atom stereocenters. The third kappa shape index (κ3) is 7.97. The summed E-state index contributed by atoms with van der Waals surface area (Å²) in [6.07, 6.45) is 3.15. The van der Waals surface area contributed by atoms with Crippen molar-refractivity contribution in [1.29, 1.82) is 0 Å². The van der Waals surface area contributed by atoms with Crippen LogP contribution in [0.5, 0.6) is 0 Å². The molecule has 1 saturated heterocycles. The normalized spacial score (nSPS) is 17.0. The highest BCUT2D eigenvalue weighted by Gasteiger charge is 2.16. The largest absolute Gasteiger partial charge is 0.385 e. The summed E-state index contributed by atoms with van der Waals surface area (Å²) in [5, 5.41) is 9.46. The Morgan fingerprint density at radius 3 is 2.96 bits per heavy atom. The van der Waals surface area contributed by atoms with Gasteiger partial charge in [-0.2, -0.15) is 0 Å². The van der Waals surface area contributed by atoms with Crippen molar-refractivity contribution in [1.82, 2.24) is 16.0 Å².